The van der Waals surface area contributed by atoms with E-state index < -0.39 is 5.92 Å². The predicted molar refractivity (Wildman–Crippen MR) is 128 cm³/mol. The minimum Gasteiger partial charge on any atom is -0.496 e. The number of hydrogen-bond donors (Lipinski definition) is 2. The molecule has 1 amide bonds. The summed E-state index contributed by atoms with van der Waals surface area (Å²) in [6.45, 7) is 3.45. The fourth-order valence-corrected chi connectivity index (χ4v) is 6.05. The number of piperidine rings is 1. The Balaban J connectivity index is 1.50. The summed E-state index contributed by atoms with van der Waals surface area (Å²) in [5.41, 5.74) is 4.65. The number of nitrogens with zero attached hydrogens (tertiary/aromatic N) is 1. The number of halogens is 2. The van der Waals surface area contributed by atoms with Crippen LogP contribution in [-0.2, 0) is 6.54 Å². The standard InChI is InChI=1S/C27H31F2N3O2/c1-17-12-23(34-3)21(20-8-10-31-24(17)20)14-32-11-9-26(15-27(28,29)16-26)13-22(32)18-4-6-19(7-5-18)25(33)30-2/h4-8,10,12,22,31H,9,11,13-16H2,1-3H3,(H,30,33). The van der Waals surface area contributed by atoms with Crippen molar-refractivity contribution < 1.29 is 18.3 Å². The number of fused-ring (bicyclic) bond motifs is 1. The quantitative estimate of drug-likeness (QED) is 0.514. The Hall–Kier alpha value is -2.93. The van der Waals surface area contributed by atoms with Crippen LogP contribution in [-0.4, -0.2) is 42.4 Å². The highest BCUT2D eigenvalue weighted by atomic mass is 19.3. The summed E-state index contributed by atoms with van der Waals surface area (Å²) in [6.07, 6.45) is 3.33. The summed E-state index contributed by atoms with van der Waals surface area (Å²) in [4.78, 5) is 17.7. The number of amides is 1. The SMILES string of the molecule is CNC(=O)c1ccc(C2CC3(CCN2Cc2c(OC)cc(C)c4[nH]ccc24)CC(F)(F)C3)cc1. The fraction of sp³-hybridized carbons (Fsp3) is 0.444. The summed E-state index contributed by atoms with van der Waals surface area (Å²) < 4.78 is 33.6. The summed E-state index contributed by atoms with van der Waals surface area (Å²) in [7, 11) is 3.30. The van der Waals surface area contributed by atoms with E-state index in [4.69, 9.17) is 4.74 Å². The largest absolute Gasteiger partial charge is 0.496 e. The molecule has 2 aromatic carbocycles. The summed E-state index contributed by atoms with van der Waals surface area (Å²) >= 11 is 0. The van der Waals surface area contributed by atoms with E-state index in [-0.39, 0.29) is 30.2 Å². The molecule has 1 atom stereocenters. The number of ether oxygens (including phenoxy) is 1. The molecule has 1 unspecified atom stereocenters. The number of H-pyrrole nitrogens is 1. The third kappa shape index (κ3) is 3.96. The van der Waals surface area contributed by atoms with Crippen molar-refractivity contribution in [1.82, 2.24) is 15.2 Å². The molecule has 180 valence electrons. The van der Waals surface area contributed by atoms with Crippen LogP contribution in [0.5, 0.6) is 5.75 Å². The summed E-state index contributed by atoms with van der Waals surface area (Å²) in [5.74, 6) is -1.84. The topological polar surface area (TPSA) is 57.4 Å². The second kappa shape index (κ2) is 8.38. The van der Waals surface area contributed by atoms with E-state index in [1.165, 1.54) is 0 Å². The van der Waals surface area contributed by atoms with Gasteiger partial charge < -0.3 is 15.0 Å². The van der Waals surface area contributed by atoms with E-state index in [0.717, 1.165) is 46.3 Å². The normalized spacial score (nSPS) is 21.4. The second-order valence-electron chi connectivity index (χ2n) is 9.99. The van der Waals surface area contributed by atoms with Crippen LogP contribution in [0, 0.1) is 12.3 Å². The van der Waals surface area contributed by atoms with Gasteiger partial charge in [-0.3, -0.25) is 9.69 Å². The van der Waals surface area contributed by atoms with Crippen LogP contribution in [0.2, 0.25) is 0 Å². The van der Waals surface area contributed by atoms with Crippen LogP contribution < -0.4 is 10.1 Å². The average molecular weight is 468 g/mol. The Bertz CT molecular complexity index is 1210. The van der Waals surface area contributed by atoms with E-state index in [2.05, 4.69) is 34.3 Å². The van der Waals surface area contributed by atoms with Crippen LogP contribution in [0.1, 0.15) is 58.8 Å². The number of likely N-dealkylation sites (tertiary alicyclic amines) is 1. The molecule has 7 heteroatoms. The van der Waals surface area contributed by atoms with Crippen LogP contribution >= 0.6 is 0 Å². The van der Waals surface area contributed by atoms with Gasteiger partial charge in [0.25, 0.3) is 5.91 Å². The average Bonchev–Trinajstić information content (AvgIpc) is 3.31. The van der Waals surface area contributed by atoms with Crippen LogP contribution in [0.3, 0.4) is 0 Å². The first-order chi connectivity index (χ1) is 16.2. The summed E-state index contributed by atoms with van der Waals surface area (Å²) in [6, 6.07) is 11.7. The molecule has 1 saturated heterocycles. The van der Waals surface area contributed by atoms with Gasteiger partial charge in [0.1, 0.15) is 5.75 Å². The number of alkyl halides is 2. The number of methoxy groups -OCH3 is 1. The van der Waals surface area contributed by atoms with Crippen molar-refractivity contribution in [1.29, 1.82) is 0 Å². The Morgan fingerprint density at radius 2 is 1.97 bits per heavy atom. The van der Waals surface area contributed by atoms with Crippen molar-refractivity contribution in [3.05, 3.63) is 64.8 Å². The molecule has 0 radical (unpaired) electrons. The van der Waals surface area contributed by atoms with Gasteiger partial charge in [0, 0.05) is 60.7 Å². The summed E-state index contributed by atoms with van der Waals surface area (Å²) in [5, 5.41) is 3.77. The highest BCUT2D eigenvalue weighted by molar-refractivity contribution is 5.94. The first-order valence-corrected chi connectivity index (χ1v) is 11.8. The lowest BCUT2D eigenvalue weighted by Gasteiger charge is -2.54. The third-order valence-corrected chi connectivity index (χ3v) is 7.74. The number of aromatic nitrogens is 1. The number of nitrogens with one attached hydrogen (secondary N) is 2. The minimum atomic E-state index is -2.55. The maximum atomic E-state index is 13.9. The molecule has 1 aromatic heterocycles. The molecular weight excluding hydrogens is 436 g/mol. The van der Waals surface area contributed by atoms with Crippen LogP contribution in [0.4, 0.5) is 8.78 Å². The van der Waals surface area contributed by atoms with Crippen LogP contribution in [0.25, 0.3) is 10.9 Å². The van der Waals surface area contributed by atoms with Crippen molar-refractivity contribution >= 4 is 16.8 Å². The molecule has 1 saturated carbocycles. The zero-order valence-electron chi connectivity index (χ0n) is 19.9. The van der Waals surface area contributed by atoms with Gasteiger partial charge in [-0.2, -0.15) is 0 Å². The number of aromatic amines is 1. The molecule has 1 aliphatic heterocycles. The van der Waals surface area contributed by atoms with Gasteiger partial charge in [0.05, 0.1) is 7.11 Å². The monoisotopic (exact) mass is 467 g/mol. The van der Waals surface area contributed by atoms with E-state index >= 15 is 0 Å². The molecule has 2 fully saturated rings. The molecule has 5 nitrogen and oxygen atoms in total. The Morgan fingerprint density at radius 1 is 1.24 bits per heavy atom. The maximum absolute atomic E-state index is 13.9. The molecule has 5 rings (SSSR count). The molecule has 2 heterocycles. The smallest absolute Gasteiger partial charge is 0.251 e. The molecule has 34 heavy (non-hydrogen) atoms. The van der Waals surface area contributed by atoms with Gasteiger partial charge >= 0.3 is 0 Å². The van der Waals surface area contributed by atoms with Gasteiger partial charge in [0.2, 0.25) is 5.92 Å². The maximum Gasteiger partial charge on any atom is 0.251 e. The zero-order chi connectivity index (χ0) is 24.1. The first-order valence-electron chi connectivity index (χ1n) is 11.8. The van der Waals surface area contributed by atoms with Crippen molar-refractivity contribution in [2.45, 2.75) is 51.1 Å². The lowest BCUT2D eigenvalue weighted by atomic mass is 9.59. The molecule has 1 spiro atoms. The lowest BCUT2D eigenvalue weighted by molar-refractivity contribution is -0.186. The number of aryl methyl sites for hydroxylation is 1. The van der Waals surface area contributed by atoms with Gasteiger partial charge in [-0.15, -0.1) is 0 Å². The van der Waals surface area contributed by atoms with E-state index in [1.54, 1.807) is 14.2 Å². The van der Waals surface area contributed by atoms with Crippen molar-refractivity contribution in [3.63, 3.8) is 0 Å². The number of rotatable bonds is 5. The van der Waals surface area contributed by atoms with Gasteiger partial charge in [0.15, 0.2) is 0 Å². The van der Waals surface area contributed by atoms with E-state index in [9.17, 15) is 13.6 Å². The van der Waals surface area contributed by atoms with Crippen molar-refractivity contribution in [2.24, 2.45) is 5.41 Å². The molecule has 2 aliphatic rings. The van der Waals surface area contributed by atoms with E-state index in [1.807, 2.05) is 30.5 Å². The van der Waals surface area contributed by atoms with Crippen LogP contribution in [0.15, 0.2) is 42.6 Å². The third-order valence-electron chi connectivity index (χ3n) is 7.74. The molecule has 1 aliphatic carbocycles. The van der Waals surface area contributed by atoms with Gasteiger partial charge in [-0.1, -0.05) is 12.1 Å². The molecule has 3 aromatic rings. The minimum absolute atomic E-state index is 0.0106. The Kier molecular flexibility index (Phi) is 5.63. The van der Waals surface area contributed by atoms with Gasteiger partial charge in [-0.25, -0.2) is 8.78 Å². The lowest BCUT2D eigenvalue weighted by Crippen LogP contribution is -2.53. The highest BCUT2D eigenvalue weighted by Gasteiger charge is 2.58. The Labute approximate surface area is 198 Å². The number of benzene rings is 2. The fourth-order valence-electron chi connectivity index (χ4n) is 6.05. The number of hydrogen-bond acceptors (Lipinski definition) is 3. The number of carbonyl (C=O) groups is 1. The first kappa shape index (κ1) is 22.8. The van der Waals surface area contributed by atoms with Gasteiger partial charge in [-0.05, 0) is 67.1 Å². The Morgan fingerprint density at radius 3 is 2.62 bits per heavy atom. The second-order valence-corrected chi connectivity index (χ2v) is 9.99. The molecule has 2 N–H and O–H groups in total. The van der Waals surface area contributed by atoms with E-state index in [0.29, 0.717) is 18.5 Å². The molecule has 0 bridgehead atoms. The zero-order valence-corrected chi connectivity index (χ0v) is 19.9. The predicted octanol–water partition coefficient (Wildman–Crippen LogP) is 5.60. The molecular formula is C27H31F2N3O2. The van der Waals surface area contributed by atoms with Crippen molar-refractivity contribution in [2.75, 3.05) is 20.7 Å². The highest BCUT2D eigenvalue weighted by Crippen LogP contribution is 2.60. The number of carbonyl (C=O) groups excluding carboxylic acids is 1. The van der Waals surface area contributed by atoms with Crippen molar-refractivity contribution in [3.8, 4) is 5.75 Å².